The Morgan fingerprint density at radius 3 is 2.44 bits per heavy atom. The number of anilines is 1. The van der Waals surface area contributed by atoms with Gasteiger partial charge in [0.15, 0.2) is 0 Å². The van der Waals surface area contributed by atoms with Gasteiger partial charge in [0.2, 0.25) is 0 Å². The van der Waals surface area contributed by atoms with Gasteiger partial charge in [-0.15, -0.1) is 0 Å². The molecule has 0 radical (unpaired) electrons. The predicted molar refractivity (Wildman–Crippen MR) is 104 cm³/mol. The number of aryl methyl sites for hydroxylation is 1. The van der Waals surface area contributed by atoms with Crippen LogP contribution in [0.3, 0.4) is 0 Å². The molecule has 134 valence electrons. The quantitative estimate of drug-likeness (QED) is 0.449. The van der Waals surface area contributed by atoms with Crippen molar-refractivity contribution in [2.45, 2.75) is 13.5 Å². The molecule has 0 bridgehead atoms. The first-order chi connectivity index (χ1) is 13.1. The van der Waals surface area contributed by atoms with Gasteiger partial charge in [0.05, 0.1) is 10.9 Å². The van der Waals surface area contributed by atoms with Crippen molar-refractivity contribution < 1.29 is 9.21 Å². The summed E-state index contributed by atoms with van der Waals surface area (Å²) in [5, 5.41) is 3.54. The van der Waals surface area contributed by atoms with E-state index in [2.05, 4.69) is 5.32 Å². The molecule has 0 unspecified atom stereocenters. The number of hydrogen-bond acceptors (Lipinski definition) is 4. The lowest BCUT2D eigenvalue weighted by Gasteiger charge is -2.13. The third-order valence-corrected chi connectivity index (χ3v) is 4.45. The topological polar surface area (TPSA) is 81.3 Å². The Morgan fingerprint density at radius 2 is 1.70 bits per heavy atom. The molecule has 6 nitrogen and oxygen atoms in total. The van der Waals surface area contributed by atoms with Gasteiger partial charge in [0.25, 0.3) is 11.5 Å². The summed E-state index contributed by atoms with van der Waals surface area (Å²) in [5.74, 6) is -0.417. The monoisotopic (exact) mass is 360 g/mol. The number of rotatable bonds is 3. The Morgan fingerprint density at radius 1 is 1.00 bits per heavy atom. The number of amides is 1. The Labute approximate surface area is 153 Å². The van der Waals surface area contributed by atoms with Crippen molar-refractivity contribution in [2.24, 2.45) is 0 Å². The number of nitrogens with one attached hydrogen (secondary N) is 1. The van der Waals surface area contributed by atoms with Gasteiger partial charge in [-0.05, 0) is 37.3 Å². The summed E-state index contributed by atoms with van der Waals surface area (Å²) in [4.78, 5) is 37.9. The van der Waals surface area contributed by atoms with Crippen molar-refractivity contribution in [1.82, 2.24) is 4.57 Å². The van der Waals surface area contributed by atoms with E-state index >= 15 is 0 Å². The zero-order valence-corrected chi connectivity index (χ0v) is 14.6. The van der Waals surface area contributed by atoms with Crippen LogP contribution in [0.25, 0.3) is 21.9 Å². The minimum absolute atomic E-state index is 0.0424. The van der Waals surface area contributed by atoms with Crippen LogP contribution in [0.4, 0.5) is 5.69 Å². The van der Waals surface area contributed by atoms with E-state index in [-0.39, 0.29) is 16.6 Å². The fourth-order valence-electron chi connectivity index (χ4n) is 3.19. The molecule has 0 saturated carbocycles. The zero-order valence-electron chi connectivity index (χ0n) is 14.6. The summed E-state index contributed by atoms with van der Waals surface area (Å²) in [5.41, 5.74) is 0.460. The van der Waals surface area contributed by atoms with E-state index in [9.17, 15) is 14.4 Å². The standard InChI is InChI=1S/C21H16N2O4/c1-2-23-18-14-10-6-7-11-17(14)27-21(26)15(18)12-16(20(23)25)22-19(24)13-8-4-3-5-9-13/h3-12H,2H2,1H3,(H,22,24). The second-order valence-corrected chi connectivity index (χ2v) is 6.08. The van der Waals surface area contributed by atoms with Gasteiger partial charge in [0.1, 0.15) is 11.3 Å². The van der Waals surface area contributed by atoms with Gasteiger partial charge in [0, 0.05) is 17.5 Å². The molecular formula is C21H16N2O4. The summed E-state index contributed by atoms with van der Waals surface area (Å²) in [6.45, 7) is 2.16. The molecule has 0 saturated heterocycles. The highest BCUT2D eigenvalue weighted by molar-refractivity contribution is 6.07. The van der Waals surface area contributed by atoms with Crippen molar-refractivity contribution >= 4 is 33.5 Å². The lowest BCUT2D eigenvalue weighted by Crippen LogP contribution is -2.27. The van der Waals surface area contributed by atoms with Crippen molar-refractivity contribution in [3.8, 4) is 0 Å². The SMILES string of the molecule is CCn1c(=O)c(NC(=O)c2ccccc2)cc2c(=O)oc3ccccc3c21. The molecule has 0 fully saturated rings. The number of pyridine rings is 1. The van der Waals surface area contributed by atoms with Crippen LogP contribution >= 0.6 is 0 Å². The highest BCUT2D eigenvalue weighted by Crippen LogP contribution is 2.23. The van der Waals surface area contributed by atoms with Gasteiger partial charge in [-0.3, -0.25) is 9.59 Å². The van der Waals surface area contributed by atoms with Gasteiger partial charge in [-0.25, -0.2) is 4.79 Å². The van der Waals surface area contributed by atoms with Crippen LogP contribution in [0.2, 0.25) is 0 Å². The average molecular weight is 360 g/mol. The second-order valence-electron chi connectivity index (χ2n) is 6.08. The molecule has 2 aromatic carbocycles. The molecule has 0 aliphatic rings. The molecule has 6 heteroatoms. The lowest BCUT2D eigenvalue weighted by atomic mass is 10.1. The summed E-state index contributed by atoms with van der Waals surface area (Å²) in [7, 11) is 0. The number of benzene rings is 2. The summed E-state index contributed by atoms with van der Waals surface area (Å²) in [6.07, 6.45) is 0. The van der Waals surface area contributed by atoms with Crippen LogP contribution in [-0.4, -0.2) is 10.5 Å². The Bertz CT molecular complexity index is 1290. The molecule has 27 heavy (non-hydrogen) atoms. The fourth-order valence-corrected chi connectivity index (χ4v) is 3.19. The Hall–Kier alpha value is -3.67. The molecule has 2 heterocycles. The lowest BCUT2D eigenvalue weighted by molar-refractivity contribution is 0.102. The third kappa shape index (κ3) is 2.81. The normalized spacial score (nSPS) is 11.0. The maximum absolute atomic E-state index is 13.0. The molecule has 2 aromatic heterocycles. The van der Waals surface area contributed by atoms with Crippen LogP contribution in [-0.2, 0) is 6.54 Å². The van der Waals surface area contributed by atoms with Crippen LogP contribution < -0.4 is 16.5 Å². The van der Waals surface area contributed by atoms with E-state index in [0.29, 0.717) is 28.6 Å². The molecule has 0 aliphatic carbocycles. The van der Waals surface area contributed by atoms with E-state index in [1.165, 1.54) is 10.6 Å². The number of carbonyl (C=O) groups is 1. The first-order valence-corrected chi connectivity index (χ1v) is 8.56. The van der Waals surface area contributed by atoms with Crippen molar-refractivity contribution in [2.75, 3.05) is 5.32 Å². The largest absolute Gasteiger partial charge is 0.422 e. The fraction of sp³-hybridized carbons (Fsp3) is 0.0952. The number of nitrogens with zero attached hydrogens (tertiary/aromatic N) is 1. The Kier molecular flexibility index (Phi) is 4.08. The molecule has 4 aromatic rings. The molecule has 4 rings (SSSR count). The zero-order chi connectivity index (χ0) is 19.0. The molecule has 0 spiro atoms. The molecule has 0 aliphatic heterocycles. The van der Waals surface area contributed by atoms with Crippen LogP contribution in [0.1, 0.15) is 17.3 Å². The predicted octanol–water partition coefficient (Wildman–Crippen LogP) is 3.38. The molecule has 1 N–H and O–H groups in total. The second kappa shape index (κ2) is 6.57. The van der Waals surface area contributed by atoms with Gasteiger partial charge in [-0.1, -0.05) is 30.3 Å². The van der Waals surface area contributed by atoms with Gasteiger partial charge in [-0.2, -0.15) is 0 Å². The Balaban J connectivity index is 1.96. The van der Waals surface area contributed by atoms with E-state index < -0.39 is 11.5 Å². The van der Waals surface area contributed by atoms with E-state index in [0.717, 1.165) is 0 Å². The number of carbonyl (C=O) groups excluding carboxylic acids is 1. The van der Waals surface area contributed by atoms with Crippen molar-refractivity contribution in [3.63, 3.8) is 0 Å². The summed E-state index contributed by atoms with van der Waals surface area (Å²) < 4.78 is 6.86. The highest BCUT2D eigenvalue weighted by atomic mass is 16.4. The maximum atomic E-state index is 13.0. The van der Waals surface area contributed by atoms with Crippen molar-refractivity contribution in [3.05, 3.63) is 87.0 Å². The number of para-hydroxylation sites is 1. The molecule has 0 atom stereocenters. The maximum Gasteiger partial charge on any atom is 0.345 e. The van der Waals surface area contributed by atoms with Gasteiger partial charge < -0.3 is 14.3 Å². The third-order valence-electron chi connectivity index (χ3n) is 4.45. The number of hydrogen-bond donors (Lipinski definition) is 1. The van der Waals surface area contributed by atoms with Crippen LogP contribution in [0.5, 0.6) is 0 Å². The first kappa shape index (κ1) is 16.8. The molecular weight excluding hydrogens is 344 g/mol. The van der Waals surface area contributed by atoms with Crippen LogP contribution in [0.15, 0.2) is 74.7 Å². The average Bonchev–Trinajstić information content (AvgIpc) is 2.69. The summed E-state index contributed by atoms with van der Waals surface area (Å²) in [6, 6.07) is 17.0. The first-order valence-electron chi connectivity index (χ1n) is 8.56. The van der Waals surface area contributed by atoms with Gasteiger partial charge >= 0.3 is 5.63 Å². The minimum Gasteiger partial charge on any atom is -0.422 e. The summed E-state index contributed by atoms with van der Waals surface area (Å²) >= 11 is 0. The minimum atomic E-state index is -0.555. The van der Waals surface area contributed by atoms with Crippen LogP contribution in [0, 0.1) is 0 Å². The van der Waals surface area contributed by atoms with E-state index in [4.69, 9.17) is 4.42 Å². The van der Waals surface area contributed by atoms with Crippen molar-refractivity contribution in [1.29, 1.82) is 0 Å². The van der Waals surface area contributed by atoms with E-state index in [1.807, 2.05) is 13.0 Å². The van der Waals surface area contributed by atoms with E-state index in [1.54, 1.807) is 48.5 Å². The highest BCUT2D eigenvalue weighted by Gasteiger charge is 2.17. The smallest absolute Gasteiger partial charge is 0.345 e. The number of fused-ring (bicyclic) bond motifs is 3. The number of aromatic nitrogens is 1. The molecule has 1 amide bonds.